The molecular formula is C25H31ClFN5O5. The van der Waals surface area contributed by atoms with E-state index in [2.05, 4.69) is 26.3 Å². The van der Waals surface area contributed by atoms with Crippen LogP contribution in [0.15, 0.2) is 22.6 Å². The highest BCUT2D eigenvalue weighted by Gasteiger charge is 2.31. The minimum atomic E-state index is -1.04. The van der Waals surface area contributed by atoms with Crippen LogP contribution in [0.5, 0.6) is 0 Å². The highest BCUT2D eigenvalue weighted by molar-refractivity contribution is 6.33. The van der Waals surface area contributed by atoms with Gasteiger partial charge >= 0.3 is 0 Å². The standard InChI is InChI=1S/C25H31ClFN5O5/c1-12(2)19-25-32-20(14(4)37-25)24(36)29-13(3)21(33)28-11-6-5-10-17(22(34)31-19)30-23(35)18-15(26)8-7-9-16(18)27/h7-9,12-13,17,19H,5-6,10-11H2,1-4H3,(H,28,33)(H,29,36)(H,30,35)(H,31,34)/t13-,17+,19+/m1/s1. The van der Waals surface area contributed by atoms with Crippen molar-refractivity contribution in [1.29, 1.82) is 0 Å². The quantitative estimate of drug-likeness (QED) is 0.476. The number of aryl methyl sites for hydroxylation is 1. The Bertz CT molecular complexity index is 1160. The second kappa shape index (κ2) is 12.2. The molecule has 0 fully saturated rings. The Hall–Kier alpha value is -3.47. The molecular weight excluding hydrogens is 505 g/mol. The average Bonchev–Trinajstić information content (AvgIpc) is 3.21. The smallest absolute Gasteiger partial charge is 0.274 e. The van der Waals surface area contributed by atoms with Crippen LogP contribution in [0.2, 0.25) is 5.02 Å². The number of aromatic nitrogens is 1. The maximum atomic E-state index is 14.3. The minimum Gasteiger partial charge on any atom is -0.443 e. The van der Waals surface area contributed by atoms with E-state index in [1.54, 1.807) is 13.8 Å². The van der Waals surface area contributed by atoms with Crippen LogP contribution >= 0.6 is 11.6 Å². The summed E-state index contributed by atoms with van der Waals surface area (Å²) in [4.78, 5) is 55.6. The first-order chi connectivity index (χ1) is 17.5. The van der Waals surface area contributed by atoms with Crippen LogP contribution in [0.1, 0.15) is 78.6 Å². The zero-order chi connectivity index (χ0) is 27.3. The Morgan fingerprint density at radius 1 is 1.19 bits per heavy atom. The third-order valence-electron chi connectivity index (χ3n) is 6.03. The third kappa shape index (κ3) is 6.85. The molecule has 2 aromatic rings. The van der Waals surface area contributed by atoms with E-state index in [0.29, 0.717) is 19.4 Å². The summed E-state index contributed by atoms with van der Waals surface area (Å²) in [6.07, 6.45) is 1.17. The van der Waals surface area contributed by atoms with Gasteiger partial charge in [-0.15, -0.1) is 0 Å². The van der Waals surface area contributed by atoms with Gasteiger partial charge in [0.15, 0.2) is 5.69 Å². The monoisotopic (exact) mass is 535 g/mol. The molecule has 1 aliphatic heterocycles. The first-order valence-electron chi connectivity index (χ1n) is 12.1. The molecule has 0 radical (unpaired) electrons. The number of oxazole rings is 1. The zero-order valence-electron chi connectivity index (χ0n) is 21.1. The highest BCUT2D eigenvalue weighted by atomic mass is 35.5. The van der Waals surface area contributed by atoms with Gasteiger partial charge in [-0.2, -0.15) is 0 Å². The number of carbonyl (C=O) groups excluding carboxylic acids is 4. The van der Waals surface area contributed by atoms with Crippen LogP contribution in [0.25, 0.3) is 0 Å². The number of halogens is 2. The molecule has 3 atom stereocenters. The van der Waals surface area contributed by atoms with E-state index < -0.39 is 41.7 Å². The predicted molar refractivity (Wildman–Crippen MR) is 133 cm³/mol. The van der Waals surface area contributed by atoms with Crippen LogP contribution in [0.4, 0.5) is 4.39 Å². The SMILES string of the molecule is Cc1oc2nc1C(=O)N[C@H](C)C(=O)NCCCC[C@H](NC(=O)c1c(F)cccc1Cl)C(=O)N[C@H]2C(C)C. The number of hydrogen-bond acceptors (Lipinski definition) is 6. The molecule has 0 aliphatic carbocycles. The van der Waals surface area contributed by atoms with Gasteiger partial charge in [-0.3, -0.25) is 19.2 Å². The van der Waals surface area contributed by atoms with Crippen molar-refractivity contribution in [3.63, 3.8) is 0 Å². The normalized spacial score (nSPS) is 21.7. The van der Waals surface area contributed by atoms with Crippen LogP contribution in [-0.4, -0.2) is 47.2 Å². The van der Waals surface area contributed by atoms with Gasteiger partial charge in [-0.05, 0) is 51.2 Å². The number of carbonyl (C=O) groups is 4. The van der Waals surface area contributed by atoms with Gasteiger partial charge < -0.3 is 25.7 Å². The largest absolute Gasteiger partial charge is 0.443 e. The molecule has 200 valence electrons. The van der Waals surface area contributed by atoms with Gasteiger partial charge in [0.2, 0.25) is 17.7 Å². The molecule has 2 bridgehead atoms. The van der Waals surface area contributed by atoms with Gasteiger partial charge in [0, 0.05) is 6.54 Å². The van der Waals surface area contributed by atoms with Crippen molar-refractivity contribution in [3.05, 3.63) is 51.9 Å². The second-order valence-corrected chi connectivity index (χ2v) is 9.70. The fourth-order valence-corrected chi connectivity index (χ4v) is 4.16. The lowest BCUT2D eigenvalue weighted by atomic mass is 10.0. The van der Waals surface area contributed by atoms with Gasteiger partial charge in [0.1, 0.15) is 29.7 Å². The van der Waals surface area contributed by atoms with Crippen molar-refractivity contribution in [2.75, 3.05) is 6.54 Å². The Morgan fingerprint density at radius 3 is 2.59 bits per heavy atom. The maximum absolute atomic E-state index is 14.3. The third-order valence-corrected chi connectivity index (χ3v) is 6.34. The van der Waals surface area contributed by atoms with E-state index in [1.807, 2.05) is 13.8 Å². The van der Waals surface area contributed by atoms with Crippen LogP contribution in [-0.2, 0) is 9.59 Å². The number of rotatable bonds is 3. The molecule has 37 heavy (non-hydrogen) atoms. The summed E-state index contributed by atoms with van der Waals surface area (Å²) < 4.78 is 20.0. The van der Waals surface area contributed by atoms with Crippen molar-refractivity contribution in [2.45, 2.75) is 65.1 Å². The highest BCUT2D eigenvalue weighted by Crippen LogP contribution is 2.24. The summed E-state index contributed by atoms with van der Waals surface area (Å²) >= 11 is 6.03. The molecule has 12 heteroatoms. The number of hydrogen-bond donors (Lipinski definition) is 4. The Balaban J connectivity index is 1.92. The molecule has 3 rings (SSSR count). The van der Waals surface area contributed by atoms with Crippen molar-refractivity contribution < 1.29 is 28.0 Å². The van der Waals surface area contributed by atoms with Crippen LogP contribution < -0.4 is 21.3 Å². The van der Waals surface area contributed by atoms with E-state index in [9.17, 15) is 23.6 Å². The van der Waals surface area contributed by atoms with Crippen molar-refractivity contribution in [2.24, 2.45) is 5.92 Å². The molecule has 2 heterocycles. The molecule has 10 nitrogen and oxygen atoms in total. The molecule has 1 aromatic carbocycles. The summed E-state index contributed by atoms with van der Waals surface area (Å²) in [5.41, 5.74) is -0.356. The summed E-state index contributed by atoms with van der Waals surface area (Å²) in [6, 6.07) is 1.30. The van der Waals surface area contributed by atoms with Gasteiger partial charge in [0.05, 0.1) is 10.6 Å². The summed E-state index contributed by atoms with van der Waals surface area (Å²) in [7, 11) is 0. The molecule has 0 saturated carbocycles. The van der Waals surface area contributed by atoms with Crippen LogP contribution in [0, 0.1) is 18.7 Å². The predicted octanol–water partition coefficient (Wildman–Crippen LogP) is 2.81. The zero-order valence-corrected chi connectivity index (χ0v) is 21.9. The lowest BCUT2D eigenvalue weighted by Crippen LogP contribution is -2.49. The first-order valence-corrected chi connectivity index (χ1v) is 12.5. The Morgan fingerprint density at radius 2 is 1.92 bits per heavy atom. The number of amides is 4. The summed E-state index contributed by atoms with van der Waals surface area (Å²) in [6.45, 7) is 7.08. The van der Waals surface area contributed by atoms with Crippen molar-refractivity contribution in [3.8, 4) is 0 Å². The Kier molecular flexibility index (Phi) is 9.25. The number of fused-ring (bicyclic) bond motifs is 2. The molecule has 0 spiro atoms. The van der Waals surface area contributed by atoms with Crippen LogP contribution in [0.3, 0.4) is 0 Å². The lowest BCUT2D eigenvalue weighted by Gasteiger charge is -2.24. The second-order valence-electron chi connectivity index (χ2n) is 9.29. The lowest BCUT2D eigenvalue weighted by molar-refractivity contribution is -0.124. The van der Waals surface area contributed by atoms with E-state index in [1.165, 1.54) is 12.1 Å². The molecule has 4 amide bonds. The average molecular weight is 536 g/mol. The molecule has 0 saturated heterocycles. The maximum Gasteiger partial charge on any atom is 0.274 e. The molecule has 1 aliphatic rings. The van der Waals surface area contributed by atoms with Crippen molar-refractivity contribution >= 4 is 35.2 Å². The van der Waals surface area contributed by atoms with E-state index in [4.69, 9.17) is 16.0 Å². The number of nitrogens with zero attached hydrogens (tertiary/aromatic N) is 1. The number of nitrogens with one attached hydrogen (secondary N) is 4. The van der Waals surface area contributed by atoms with Crippen molar-refractivity contribution in [1.82, 2.24) is 26.3 Å². The first kappa shape index (κ1) is 28.1. The van der Waals surface area contributed by atoms with Gasteiger partial charge in [-0.25, -0.2) is 9.37 Å². The van der Waals surface area contributed by atoms with Gasteiger partial charge in [0.25, 0.3) is 11.8 Å². The fraction of sp³-hybridized carbons (Fsp3) is 0.480. The molecule has 0 unspecified atom stereocenters. The molecule has 4 N–H and O–H groups in total. The molecule has 1 aromatic heterocycles. The minimum absolute atomic E-state index is 0.000639. The van der Waals surface area contributed by atoms with Gasteiger partial charge in [-0.1, -0.05) is 31.5 Å². The number of benzene rings is 1. The summed E-state index contributed by atoms with van der Waals surface area (Å²) in [5, 5.41) is 10.7. The van der Waals surface area contributed by atoms with E-state index in [-0.39, 0.29) is 46.2 Å². The Labute approximate surface area is 219 Å². The fourth-order valence-electron chi connectivity index (χ4n) is 3.91. The summed E-state index contributed by atoms with van der Waals surface area (Å²) in [5.74, 6) is -2.99. The van der Waals surface area contributed by atoms with E-state index >= 15 is 0 Å². The van der Waals surface area contributed by atoms with E-state index in [0.717, 1.165) is 6.07 Å². The topological polar surface area (TPSA) is 142 Å².